The highest BCUT2D eigenvalue weighted by atomic mass is 16.6. The fraction of sp³-hybridized carbons (Fsp3) is 0.900. The van der Waals surface area contributed by atoms with Gasteiger partial charge in [0.25, 0.3) is 0 Å². The van der Waals surface area contributed by atoms with Crippen LogP contribution in [-0.4, -0.2) is 34.6 Å². The Morgan fingerprint density at radius 3 is 2.33 bits per heavy atom. The van der Waals surface area contributed by atoms with Gasteiger partial charge in [-0.1, -0.05) is 20.8 Å². The molecule has 0 heterocycles. The van der Waals surface area contributed by atoms with E-state index in [0.717, 1.165) is 0 Å². The molecule has 15 heavy (non-hydrogen) atoms. The minimum absolute atomic E-state index is 0.0243. The van der Waals surface area contributed by atoms with Crippen LogP contribution < -0.4 is 5.73 Å². The van der Waals surface area contributed by atoms with Crippen molar-refractivity contribution in [3.63, 3.8) is 0 Å². The zero-order valence-electron chi connectivity index (χ0n) is 9.56. The zero-order chi connectivity index (χ0) is 12.1. The molecule has 0 bridgehead atoms. The lowest BCUT2D eigenvalue weighted by Crippen LogP contribution is -2.44. The topological polar surface area (TPSA) is 92.8 Å². The van der Waals surface area contributed by atoms with Crippen molar-refractivity contribution < 1.29 is 19.7 Å². The first-order valence-corrected chi connectivity index (χ1v) is 5.15. The largest absolute Gasteiger partial charge is 0.443 e. The lowest BCUT2D eigenvalue weighted by Gasteiger charge is -2.36. The summed E-state index contributed by atoms with van der Waals surface area (Å²) in [5.74, 6) is 0.0243. The van der Waals surface area contributed by atoms with Crippen LogP contribution in [0.2, 0.25) is 0 Å². The quantitative estimate of drug-likeness (QED) is 0.611. The lowest BCUT2D eigenvalue weighted by atomic mass is 9.82. The molecular formula is C10H21NO4. The molecule has 0 aliphatic rings. The number of hydrogen-bond donors (Lipinski definition) is 3. The van der Waals surface area contributed by atoms with Crippen molar-refractivity contribution in [2.75, 3.05) is 6.61 Å². The van der Waals surface area contributed by atoms with Gasteiger partial charge in [-0.25, -0.2) is 4.79 Å². The van der Waals surface area contributed by atoms with E-state index in [1.807, 2.05) is 20.8 Å². The molecule has 5 nitrogen and oxygen atoms in total. The maximum atomic E-state index is 10.8. The highest BCUT2D eigenvalue weighted by Gasteiger charge is 2.37. The third kappa shape index (κ3) is 4.05. The fourth-order valence-electron chi connectivity index (χ4n) is 1.68. The summed E-state index contributed by atoms with van der Waals surface area (Å²) in [5.41, 5.74) is 4.21. The summed E-state index contributed by atoms with van der Waals surface area (Å²) >= 11 is 0. The Bertz CT molecular complexity index is 208. The van der Waals surface area contributed by atoms with Crippen LogP contribution in [0.4, 0.5) is 4.79 Å². The molecule has 0 aliphatic carbocycles. The third-order valence-electron chi connectivity index (χ3n) is 2.75. The van der Waals surface area contributed by atoms with Crippen LogP contribution in [-0.2, 0) is 4.74 Å². The predicted molar refractivity (Wildman–Crippen MR) is 56.2 cm³/mol. The van der Waals surface area contributed by atoms with E-state index < -0.39 is 17.8 Å². The normalized spacial score (nSPS) is 17.2. The van der Waals surface area contributed by atoms with E-state index in [1.165, 1.54) is 0 Å². The van der Waals surface area contributed by atoms with Crippen molar-refractivity contribution >= 4 is 6.09 Å². The molecule has 0 aliphatic heterocycles. The summed E-state index contributed by atoms with van der Waals surface area (Å²) < 4.78 is 5.09. The molecule has 4 N–H and O–H groups in total. The van der Waals surface area contributed by atoms with Crippen molar-refractivity contribution in [1.82, 2.24) is 0 Å². The molecule has 1 unspecified atom stereocenters. The van der Waals surface area contributed by atoms with E-state index in [1.54, 1.807) is 0 Å². The summed E-state index contributed by atoms with van der Waals surface area (Å²) in [6.45, 7) is 5.27. The van der Waals surface area contributed by atoms with Crippen molar-refractivity contribution in [2.45, 2.75) is 45.3 Å². The Morgan fingerprint density at radius 2 is 2.07 bits per heavy atom. The van der Waals surface area contributed by atoms with Crippen LogP contribution in [0.25, 0.3) is 0 Å². The second-order valence-electron chi connectivity index (χ2n) is 4.03. The summed E-state index contributed by atoms with van der Waals surface area (Å²) in [6.07, 6.45) is -1.01. The first kappa shape index (κ1) is 14.2. The van der Waals surface area contributed by atoms with Gasteiger partial charge in [0, 0.05) is 6.42 Å². The molecule has 0 fully saturated rings. The maximum absolute atomic E-state index is 10.8. The molecule has 0 aromatic rings. The minimum atomic E-state index is -0.897. The average Bonchev–Trinajstić information content (AvgIpc) is 2.15. The number of rotatable bonds is 6. The average molecular weight is 219 g/mol. The second kappa shape index (κ2) is 5.92. The van der Waals surface area contributed by atoms with Gasteiger partial charge in [-0.3, -0.25) is 0 Å². The van der Waals surface area contributed by atoms with Crippen LogP contribution >= 0.6 is 0 Å². The van der Waals surface area contributed by atoms with E-state index >= 15 is 0 Å². The molecule has 1 amide bonds. The summed E-state index contributed by atoms with van der Waals surface area (Å²) in [5, 5.41) is 18.2. The predicted octanol–water partition coefficient (Wildman–Crippen LogP) is 0.630. The first-order valence-electron chi connectivity index (χ1n) is 5.15. The van der Waals surface area contributed by atoms with Gasteiger partial charge >= 0.3 is 6.09 Å². The molecule has 0 aromatic heterocycles. The Hall–Kier alpha value is -0.810. The van der Waals surface area contributed by atoms with Crippen LogP contribution in [0.3, 0.4) is 0 Å². The van der Waals surface area contributed by atoms with Gasteiger partial charge in [-0.2, -0.15) is 0 Å². The molecule has 0 radical (unpaired) electrons. The fourth-order valence-corrected chi connectivity index (χ4v) is 1.68. The number of amides is 1. The van der Waals surface area contributed by atoms with Gasteiger partial charge in [0.15, 0.2) is 0 Å². The number of carbonyl (C=O) groups is 1. The monoisotopic (exact) mass is 219 g/mol. The molecular weight excluding hydrogens is 198 g/mol. The van der Waals surface area contributed by atoms with Gasteiger partial charge in [0.2, 0.25) is 0 Å². The molecule has 90 valence electrons. The number of nitrogens with two attached hydrogens (primary N) is 1. The van der Waals surface area contributed by atoms with E-state index in [2.05, 4.69) is 0 Å². The van der Waals surface area contributed by atoms with Crippen LogP contribution in [0.5, 0.6) is 0 Å². The minimum Gasteiger partial charge on any atom is -0.443 e. The van der Waals surface area contributed by atoms with E-state index in [0.29, 0.717) is 6.42 Å². The summed E-state index contributed by atoms with van der Waals surface area (Å²) in [6, 6.07) is 0. The van der Waals surface area contributed by atoms with Crippen LogP contribution in [0, 0.1) is 5.92 Å². The molecule has 5 heteroatoms. The van der Waals surface area contributed by atoms with Gasteiger partial charge in [0.1, 0.15) is 5.60 Å². The zero-order valence-corrected chi connectivity index (χ0v) is 9.56. The number of hydrogen-bond acceptors (Lipinski definition) is 4. The van der Waals surface area contributed by atoms with Crippen molar-refractivity contribution in [3.8, 4) is 0 Å². The number of aliphatic hydroxyl groups excluding tert-OH is 2. The van der Waals surface area contributed by atoms with Crippen molar-refractivity contribution in [2.24, 2.45) is 11.7 Å². The molecule has 2 atom stereocenters. The van der Waals surface area contributed by atoms with Crippen LogP contribution in [0.1, 0.15) is 33.6 Å². The van der Waals surface area contributed by atoms with Gasteiger partial charge in [-0.05, 0) is 12.3 Å². The van der Waals surface area contributed by atoms with Gasteiger partial charge in [-0.15, -0.1) is 0 Å². The van der Waals surface area contributed by atoms with E-state index in [-0.39, 0.29) is 18.9 Å². The van der Waals surface area contributed by atoms with Crippen molar-refractivity contribution in [3.05, 3.63) is 0 Å². The third-order valence-corrected chi connectivity index (χ3v) is 2.75. The number of aliphatic hydroxyl groups is 2. The number of ether oxygens (including phenoxy) is 1. The number of carbonyl (C=O) groups excluding carboxylic acids is 1. The SMILES string of the molecule is CC[C@](CC(O)CO)(OC(N)=O)C(C)C. The Labute approximate surface area is 90.2 Å². The summed E-state index contributed by atoms with van der Waals surface area (Å²) in [7, 11) is 0. The molecule has 0 aromatic carbocycles. The summed E-state index contributed by atoms with van der Waals surface area (Å²) in [4.78, 5) is 10.8. The molecule has 0 spiro atoms. The smallest absolute Gasteiger partial charge is 0.405 e. The standard InChI is InChI=1S/C10H21NO4/c1-4-10(7(2)3,15-9(11)14)5-8(13)6-12/h7-8,12-13H,4-6H2,1-3H3,(H2,11,14)/t8?,10-/m1/s1. The van der Waals surface area contributed by atoms with E-state index in [4.69, 9.17) is 15.6 Å². The van der Waals surface area contributed by atoms with Crippen LogP contribution in [0.15, 0.2) is 0 Å². The molecule has 0 rings (SSSR count). The van der Waals surface area contributed by atoms with Gasteiger partial charge < -0.3 is 20.7 Å². The Kier molecular flexibility index (Phi) is 5.60. The highest BCUT2D eigenvalue weighted by molar-refractivity contribution is 5.65. The van der Waals surface area contributed by atoms with Gasteiger partial charge in [0.05, 0.1) is 12.7 Å². The molecule has 0 saturated heterocycles. The number of primary amides is 1. The maximum Gasteiger partial charge on any atom is 0.405 e. The first-order chi connectivity index (χ1) is 6.88. The van der Waals surface area contributed by atoms with Crippen molar-refractivity contribution in [1.29, 1.82) is 0 Å². The second-order valence-corrected chi connectivity index (χ2v) is 4.03. The Balaban J connectivity index is 4.72. The highest BCUT2D eigenvalue weighted by Crippen LogP contribution is 2.31. The van der Waals surface area contributed by atoms with E-state index in [9.17, 15) is 9.90 Å². The lowest BCUT2D eigenvalue weighted by molar-refractivity contribution is -0.0648. The Morgan fingerprint density at radius 1 is 1.53 bits per heavy atom. The molecule has 0 saturated carbocycles.